The van der Waals surface area contributed by atoms with E-state index in [-0.39, 0.29) is 5.91 Å². The lowest BCUT2D eigenvalue weighted by atomic mass is 9.71. The lowest BCUT2D eigenvalue weighted by Gasteiger charge is -2.46. The topological polar surface area (TPSA) is 52.6 Å². The maximum atomic E-state index is 12.3. The Morgan fingerprint density at radius 2 is 2.18 bits per heavy atom. The average molecular weight is 300 g/mol. The minimum Gasteiger partial charge on any atom is -0.392 e. The number of hydrogen-bond acceptors (Lipinski definition) is 3. The lowest BCUT2D eigenvalue weighted by molar-refractivity contribution is -0.148. The molecule has 2 heterocycles. The zero-order valence-electron chi connectivity index (χ0n) is 12.9. The van der Waals surface area contributed by atoms with Crippen molar-refractivity contribution in [2.75, 3.05) is 26.2 Å². The minimum atomic E-state index is -0.600. The Hall–Kier alpha value is -1.65. The van der Waals surface area contributed by atoms with Gasteiger partial charge in [-0.2, -0.15) is 0 Å². The first-order chi connectivity index (χ1) is 10.7. The van der Waals surface area contributed by atoms with Crippen molar-refractivity contribution >= 4 is 12.0 Å². The van der Waals surface area contributed by atoms with Gasteiger partial charge in [0, 0.05) is 26.2 Å². The van der Waals surface area contributed by atoms with Crippen molar-refractivity contribution in [1.29, 1.82) is 0 Å². The van der Waals surface area contributed by atoms with Gasteiger partial charge in [-0.05, 0) is 24.8 Å². The highest BCUT2D eigenvalue weighted by Crippen LogP contribution is 2.37. The number of nitrogens with one attached hydrogen (secondary N) is 1. The molecule has 2 saturated heterocycles. The van der Waals surface area contributed by atoms with Crippen molar-refractivity contribution in [2.24, 2.45) is 5.41 Å². The van der Waals surface area contributed by atoms with E-state index in [1.54, 1.807) is 0 Å². The van der Waals surface area contributed by atoms with Gasteiger partial charge in [0.15, 0.2) is 0 Å². The fourth-order valence-corrected chi connectivity index (χ4v) is 3.59. The maximum Gasteiger partial charge on any atom is 0.230 e. The molecule has 118 valence electrons. The zero-order chi connectivity index (χ0) is 15.4. The van der Waals surface area contributed by atoms with Crippen LogP contribution in [0.1, 0.15) is 24.8 Å². The summed E-state index contributed by atoms with van der Waals surface area (Å²) in [6, 6.07) is 10.2. The molecule has 0 aromatic heterocycles. The van der Waals surface area contributed by atoms with Gasteiger partial charge >= 0.3 is 0 Å². The molecule has 3 rings (SSSR count). The smallest absolute Gasteiger partial charge is 0.230 e. The van der Waals surface area contributed by atoms with Gasteiger partial charge in [-0.1, -0.05) is 42.5 Å². The van der Waals surface area contributed by atoms with E-state index in [1.807, 2.05) is 18.2 Å². The number of aliphatic hydroxyl groups is 1. The molecule has 0 bridgehead atoms. The molecule has 2 aliphatic heterocycles. The Balaban J connectivity index is 1.63. The SMILES string of the molecule is O=C1NCCC[C@]12CN(C/C=C/c1ccccc1)CC[C@H]2O. The number of carbonyl (C=O) groups excluding carboxylic acids is 1. The molecule has 0 unspecified atom stereocenters. The molecular weight excluding hydrogens is 276 g/mol. The third kappa shape index (κ3) is 3.08. The molecule has 22 heavy (non-hydrogen) atoms. The van der Waals surface area contributed by atoms with E-state index in [2.05, 4.69) is 34.5 Å². The number of amides is 1. The van der Waals surface area contributed by atoms with Crippen molar-refractivity contribution in [2.45, 2.75) is 25.4 Å². The molecule has 1 aromatic carbocycles. The van der Waals surface area contributed by atoms with E-state index in [0.717, 1.165) is 32.5 Å². The average Bonchev–Trinajstić information content (AvgIpc) is 2.54. The van der Waals surface area contributed by atoms with E-state index in [1.165, 1.54) is 5.56 Å². The number of aliphatic hydroxyl groups excluding tert-OH is 1. The number of piperidine rings is 2. The summed E-state index contributed by atoms with van der Waals surface area (Å²) in [5.41, 5.74) is 0.585. The third-order valence-electron chi connectivity index (χ3n) is 4.87. The molecule has 4 nitrogen and oxygen atoms in total. The molecule has 2 fully saturated rings. The van der Waals surface area contributed by atoms with E-state index >= 15 is 0 Å². The van der Waals surface area contributed by atoms with E-state index in [9.17, 15) is 9.90 Å². The van der Waals surface area contributed by atoms with Crippen LogP contribution in [0.25, 0.3) is 6.08 Å². The van der Waals surface area contributed by atoms with Crippen molar-refractivity contribution in [3.63, 3.8) is 0 Å². The summed E-state index contributed by atoms with van der Waals surface area (Å²) in [7, 11) is 0. The number of benzene rings is 1. The third-order valence-corrected chi connectivity index (χ3v) is 4.87. The summed E-state index contributed by atoms with van der Waals surface area (Å²) >= 11 is 0. The second kappa shape index (κ2) is 6.63. The fraction of sp³-hybridized carbons (Fsp3) is 0.500. The Labute approximate surface area is 131 Å². The van der Waals surface area contributed by atoms with Gasteiger partial charge in [-0.25, -0.2) is 0 Å². The van der Waals surface area contributed by atoms with Gasteiger partial charge in [0.2, 0.25) is 5.91 Å². The quantitative estimate of drug-likeness (QED) is 0.893. The predicted molar refractivity (Wildman–Crippen MR) is 87.2 cm³/mol. The lowest BCUT2D eigenvalue weighted by Crippen LogP contribution is -2.61. The molecule has 2 aliphatic rings. The van der Waals surface area contributed by atoms with Crippen LogP contribution in [0.4, 0.5) is 0 Å². The molecule has 1 aromatic rings. The summed E-state index contributed by atoms with van der Waals surface area (Å²) in [4.78, 5) is 14.6. The molecule has 4 heteroatoms. The molecule has 1 spiro atoms. The molecule has 0 saturated carbocycles. The first-order valence-corrected chi connectivity index (χ1v) is 8.11. The number of likely N-dealkylation sites (tertiary alicyclic amines) is 1. The summed E-state index contributed by atoms with van der Waals surface area (Å²) in [5, 5.41) is 13.3. The normalized spacial score (nSPS) is 29.9. The summed E-state index contributed by atoms with van der Waals surface area (Å²) < 4.78 is 0. The van der Waals surface area contributed by atoms with Crippen LogP contribution in [-0.2, 0) is 4.79 Å². The van der Waals surface area contributed by atoms with E-state index in [0.29, 0.717) is 13.0 Å². The Morgan fingerprint density at radius 1 is 1.36 bits per heavy atom. The van der Waals surface area contributed by atoms with Gasteiger partial charge in [-0.15, -0.1) is 0 Å². The van der Waals surface area contributed by atoms with Crippen LogP contribution in [0.5, 0.6) is 0 Å². The molecule has 1 amide bonds. The van der Waals surface area contributed by atoms with Crippen molar-refractivity contribution in [3.8, 4) is 0 Å². The van der Waals surface area contributed by atoms with Crippen LogP contribution >= 0.6 is 0 Å². The second-order valence-electron chi connectivity index (χ2n) is 6.37. The summed E-state index contributed by atoms with van der Waals surface area (Å²) in [6.45, 7) is 3.05. The van der Waals surface area contributed by atoms with Crippen molar-refractivity contribution in [1.82, 2.24) is 10.2 Å². The molecule has 0 aliphatic carbocycles. The second-order valence-corrected chi connectivity index (χ2v) is 6.37. The summed E-state index contributed by atoms with van der Waals surface area (Å²) in [6.07, 6.45) is 6.16. The van der Waals surface area contributed by atoms with Crippen molar-refractivity contribution < 1.29 is 9.90 Å². The minimum absolute atomic E-state index is 0.0305. The highest BCUT2D eigenvalue weighted by atomic mass is 16.3. The molecule has 0 radical (unpaired) electrons. The van der Waals surface area contributed by atoms with E-state index < -0.39 is 11.5 Å². The monoisotopic (exact) mass is 300 g/mol. The van der Waals surface area contributed by atoms with Gasteiger partial charge in [-0.3, -0.25) is 9.69 Å². The number of carbonyl (C=O) groups is 1. The highest BCUT2D eigenvalue weighted by molar-refractivity contribution is 5.84. The fourth-order valence-electron chi connectivity index (χ4n) is 3.59. The first-order valence-electron chi connectivity index (χ1n) is 8.11. The Bertz CT molecular complexity index is 543. The van der Waals surface area contributed by atoms with Gasteiger partial charge < -0.3 is 10.4 Å². The van der Waals surface area contributed by atoms with Gasteiger partial charge in [0.25, 0.3) is 0 Å². The molecule has 2 atom stereocenters. The Morgan fingerprint density at radius 3 is 2.95 bits per heavy atom. The first kappa shape index (κ1) is 15.3. The zero-order valence-corrected chi connectivity index (χ0v) is 12.9. The number of hydrogen-bond donors (Lipinski definition) is 2. The van der Waals surface area contributed by atoms with Crippen LogP contribution in [0, 0.1) is 5.41 Å². The van der Waals surface area contributed by atoms with E-state index in [4.69, 9.17) is 0 Å². The van der Waals surface area contributed by atoms with Crippen LogP contribution in [0.15, 0.2) is 36.4 Å². The van der Waals surface area contributed by atoms with Crippen LogP contribution < -0.4 is 5.32 Å². The van der Waals surface area contributed by atoms with Crippen LogP contribution in [-0.4, -0.2) is 48.2 Å². The van der Waals surface area contributed by atoms with Crippen LogP contribution in [0.2, 0.25) is 0 Å². The number of rotatable bonds is 3. The largest absolute Gasteiger partial charge is 0.392 e. The maximum absolute atomic E-state index is 12.3. The number of nitrogens with zero attached hydrogens (tertiary/aromatic N) is 1. The standard InChI is InChI=1S/C18H24N2O2/c21-16-9-13-20(12-4-8-15-6-2-1-3-7-15)14-18(16)10-5-11-19-17(18)22/h1-4,6-8,16,21H,5,9-14H2,(H,19,22)/b8-4+/t16-,18-/m1/s1. The predicted octanol–water partition coefficient (Wildman–Crippen LogP) is 1.66. The van der Waals surface area contributed by atoms with Crippen LogP contribution in [0.3, 0.4) is 0 Å². The molecular formula is C18H24N2O2. The van der Waals surface area contributed by atoms with Gasteiger partial charge in [0.1, 0.15) is 0 Å². The van der Waals surface area contributed by atoms with Crippen molar-refractivity contribution in [3.05, 3.63) is 42.0 Å². The molecule has 2 N–H and O–H groups in total. The highest BCUT2D eigenvalue weighted by Gasteiger charge is 2.49. The Kier molecular flexibility index (Phi) is 4.60. The van der Waals surface area contributed by atoms with Gasteiger partial charge in [0.05, 0.1) is 11.5 Å². The summed E-state index contributed by atoms with van der Waals surface area (Å²) in [5.74, 6) is 0.0305.